The molecule has 1 saturated heterocycles. The molecule has 5 rings (SSSR count). The SMILES string of the molecule is O=C(CSc1nc2c([nH]c3ccccc32)c(=O)n1-c1cccc(C(F)(F)F)c1)NC[C@H]1CCCO1. The Morgan fingerprint density at radius 3 is 2.83 bits per heavy atom. The highest BCUT2D eigenvalue weighted by molar-refractivity contribution is 7.99. The number of amides is 1. The molecule has 0 aliphatic carbocycles. The lowest BCUT2D eigenvalue weighted by Crippen LogP contribution is -2.33. The molecule has 0 unspecified atom stereocenters. The van der Waals surface area contributed by atoms with Gasteiger partial charge < -0.3 is 15.0 Å². The Morgan fingerprint density at radius 2 is 2.06 bits per heavy atom. The predicted molar refractivity (Wildman–Crippen MR) is 127 cm³/mol. The van der Waals surface area contributed by atoms with Crippen LogP contribution in [0.1, 0.15) is 18.4 Å². The molecule has 0 spiro atoms. The summed E-state index contributed by atoms with van der Waals surface area (Å²) in [5.41, 5.74) is -0.164. The lowest BCUT2D eigenvalue weighted by atomic mass is 10.2. The number of benzene rings is 2. The molecule has 0 saturated carbocycles. The number of halogens is 3. The van der Waals surface area contributed by atoms with Gasteiger partial charge in [0.1, 0.15) is 11.0 Å². The summed E-state index contributed by atoms with van der Waals surface area (Å²) in [6.07, 6.45) is -2.77. The highest BCUT2D eigenvalue weighted by Crippen LogP contribution is 2.32. The van der Waals surface area contributed by atoms with Crippen molar-refractivity contribution in [1.29, 1.82) is 0 Å². The highest BCUT2D eigenvalue weighted by Gasteiger charge is 2.31. The minimum atomic E-state index is -4.58. The standard InChI is InChI=1S/C24H21F3N4O3S/c25-24(26,27)14-5-3-6-15(11-14)31-22(33)21-20(17-8-1-2-9-18(17)29-21)30-23(31)35-13-19(32)28-12-16-7-4-10-34-16/h1-3,5-6,8-9,11,16,29H,4,7,10,12-13H2,(H,28,32)/t16-/m1/s1. The number of hydrogen-bond acceptors (Lipinski definition) is 5. The first-order valence-electron chi connectivity index (χ1n) is 11.0. The van der Waals surface area contributed by atoms with Gasteiger partial charge in [-0.25, -0.2) is 4.98 Å². The normalized spacial score (nSPS) is 16.3. The fourth-order valence-electron chi connectivity index (χ4n) is 4.10. The van der Waals surface area contributed by atoms with E-state index in [4.69, 9.17) is 4.74 Å². The van der Waals surface area contributed by atoms with Crippen LogP contribution in [0.3, 0.4) is 0 Å². The monoisotopic (exact) mass is 502 g/mol. The van der Waals surface area contributed by atoms with Gasteiger partial charge in [0, 0.05) is 24.1 Å². The number of thioether (sulfide) groups is 1. The number of aromatic nitrogens is 3. The summed E-state index contributed by atoms with van der Waals surface area (Å²) in [7, 11) is 0. The molecule has 2 aromatic carbocycles. The van der Waals surface area contributed by atoms with Crippen LogP contribution in [0.5, 0.6) is 0 Å². The fraction of sp³-hybridized carbons (Fsp3) is 0.292. The average Bonchev–Trinajstić information content (AvgIpc) is 3.49. The van der Waals surface area contributed by atoms with Gasteiger partial charge in [-0.3, -0.25) is 14.2 Å². The first-order valence-corrected chi connectivity index (χ1v) is 12.0. The van der Waals surface area contributed by atoms with E-state index in [0.717, 1.165) is 41.3 Å². The van der Waals surface area contributed by atoms with Crippen molar-refractivity contribution < 1.29 is 22.7 Å². The quantitative estimate of drug-likeness (QED) is 0.304. The number of fused-ring (bicyclic) bond motifs is 3. The third-order valence-corrected chi connectivity index (χ3v) is 6.75. The maximum Gasteiger partial charge on any atom is 0.416 e. The molecular weight excluding hydrogens is 481 g/mol. The summed E-state index contributed by atoms with van der Waals surface area (Å²) >= 11 is 0.991. The van der Waals surface area contributed by atoms with Crippen LogP contribution in [0.25, 0.3) is 27.6 Å². The molecule has 2 N–H and O–H groups in total. The second-order valence-electron chi connectivity index (χ2n) is 8.20. The molecule has 0 radical (unpaired) electrons. The average molecular weight is 503 g/mol. The molecule has 0 bridgehead atoms. The molecule has 1 aliphatic heterocycles. The van der Waals surface area contributed by atoms with Crippen molar-refractivity contribution in [2.24, 2.45) is 0 Å². The smallest absolute Gasteiger partial charge is 0.376 e. The Morgan fingerprint density at radius 1 is 1.23 bits per heavy atom. The third kappa shape index (κ3) is 4.78. The van der Waals surface area contributed by atoms with Crippen LogP contribution < -0.4 is 10.9 Å². The molecule has 1 fully saturated rings. The molecule has 35 heavy (non-hydrogen) atoms. The number of carbonyl (C=O) groups is 1. The van der Waals surface area contributed by atoms with E-state index in [0.29, 0.717) is 29.6 Å². The molecule has 2 aromatic heterocycles. The summed E-state index contributed by atoms with van der Waals surface area (Å²) < 4.78 is 46.7. The first-order chi connectivity index (χ1) is 16.8. The number of ether oxygens (including phenoxy) is 1. The van der Waals surface area contributed by atoms with Gasteiger partial charge in [-0.1, -0.05) is 36.0 Å². The van der Waals surface area contributed by atoms with E-state index in [1.54, 1.807) is 24.3 Å². The van der Waals surface area contributed by atoms with Crippen molar-refractivity contribution in [1.82, 2.24) is 19.9 Å². The van der Waals surface area contributed by atoms with Crippen molar-refractivity contribution in [2.45, 2.75) is 30.3 Å². The van der Waals surface area contributed by atoms with Crippen molar-refractivity contribution in [3.8, 4) is 5.69 Å². The number of rotatable bonds is 6. The summed E-state index contributed by atoms with van der Waals surface area (Å²) in [5.74, 6) is -0.347. The number of hydrogen-bond donors (Lipinski definition) is 2. The topological polar surface area (TPSA) is 89.0 Å². The van der Waals surface area contributed by atoms with Gasteiger partial charge in [0.25, 0.3) is 5.56 Å². The lowest BCUT2D eigenvalue weighted by Gasteiger charge is -2.14. The van der Waals surface area contributed by atoms with Gasteiger partial charge >= 0.3 is 6.18 Å². The zero-order chi connectivity index (χ0) is 24.6. The Bertz CT molecular complexity index is 1460. The number of aromatic amines is 1. The largest absolute Gasteiger partial charge is 0.416 e. The second kappa shape index (κ2) is 9.38. The Labute approximate surface area is 201 Å². The zero-order valence-electron chi connectivity index (χ0n) is 18.4. The van der Waals surface area contributed by atoms with Gasteiger partial charge in [-0.15, -0.1) is 0 Å². The van der Waals surface area contributed by atoms with Gasteiger partial charge in [-0.2, -0.15) is 13.2 Å². The van der Waals surface area contributed by atoms with Gasteiger partial charge in [-0.05, 0) is 37.1 Å². The zero-order valence-corrected chi connectivity index (χ0v) is 19.2. The number of nitrogens with zero attached hydrogens (tertiary/aromatic N) is 2. The fourth-order valence-corrected chi connectivity index (χ4v) is 4.94. The molecule has 3 heterocycles. The second-order valence-corrected chi connectivity index (χ2v) is 9.15. The molecule has 11 heteroatoms. The molecular formula is C24H21F3N4O3S. The third-order valence-electron chi connectivity index (χ3n) is 5.81. The minimum absolute atomic E-state index is 0.0140. The van der Waals surface area contributed by atoms with Crippen LogP contribution in [0.4, 0.5) is 13.2 Å². The number of H-pyrrole nitrogens is 1. The molecule has 4 aromatic rings. The Hall–Kier alpha value is -3.31. The van der Waals surface area contributed by atoms with Crippen LogP contribution in [-0.2, 0) is 15.7 Å². The summed E-state index contributed by atoms with van der Waals surface area (Å²) in [6.45, 7) is 1.06. The number of carbonyl (C=O) groups excluding carboxylic acids is 1. The number of alkyl halides is 3. The van der Waals surface area contributed by atoms with E-state index in [9.17, 15) is 22.8 Å². The first kappa shape index (κ1) is 23.4. The van der Waals surface area contributed by atoms with E-state index in [1.807, 2.05) is 0 Å². The molecule has 1 aliphatic rings. The highest BCUT2D eigenvalue weighted by atomic mass is 32.2. The van der Waals surface area contributed by atoms with E-state index in [2.05, 4.69) is 15.3 Å². The van der Waals surface area contributed by atoms with Gasteiger partial charge in [0.15, 0.2) is 5.16 Å². The maximum atomic E-state index is 13.5. The van der Waals surface area contributed by atoms with Gasteiger partial charge in [0.05, 0.1) is 23.1 Å². The van der Waals surface area contributed by atoms with Crippen LogP contribution in [-0.4, -0.2) is 45.5 Å². The number of para-hydroxylation sites is 1. The van der Waals surface area contributed by atoms with E-state index < -0.39 is 17.3 Å². The van der Waals surface area contributed by atoms with Crippen molar-refractivity contribution >= 4 is 39.6 Å². The van der Waals surface area contributed by atoms with E-state index in [1.165, 1.54) is 12.1 Å². The summed E-state index contributed by atoms with van der Waals surface area (Å²) in [6, 6.07) is 11.7. The van der Waals surface area contributed by atoms with Crippen LogP contribution in [0.15, 0.2) is 58.5 Å². The van der Waals surface area contributed by atoms with Crippen LogP contribution in [0.2, 0.25) is 0 Å². The van der Waals surface area contributed by atoms with Crippen molar-refractivity contribution in [3.05, 3.63) is 64.4 Å². The van der Waals surface area contributed by atoms with Gasteiger partial charge in [0.2, 0.25) is 5.91 Å². The molecule has 7 nitrogen and oxygen atoms in total. The van der Waals surface area contributed by atoms with Crippen molar-refractivity contribution in [3.63, 3.8) is 0 Å². The molecule has 182 valence electrons. The summed E-state index contributed by atoms with van der Waals surface area (Å²) in [4.78, 5) is 33.6. The minimum Gasteiger partial charge on any atom is -0.376 e. The Balaban J connectivity index is 1.54. The molecule has 1 atom stereocenters. The number of nitrogens with one attached hydrogen (secondary N) is 2. The van der Waals surface area contributed by atoms with E-state index >= 15 is 0 Å². The predicted octanol–water partition coefficient (Wildman–Crippen LogP) is 4.27. The Kier molecular flexibility index (Phi) is 6.28. The molecule has 1 amide bonds. The van der Waals surface area contributed by atoms with Crippen molar-refractivity contribution in [2.75, 3.05) is 18.9 Å². The van der Waals surface area contributed by atoms with Crippen LogP contribution in [0, 0.1) is 0 Å². The lowest BCUT2D eigenvalue weighted by molar-refractivity contribution is -0.137. The van der Waals surface area contributed by atoms with Crippen LogP contribution >= 0.6 is 11.8 Å². The maximum absolute atomic E-state index is 13.5. The van der Waals surface area contributed by atoms with E-state index in [-0.39, 0.29) is 34.1 Å². The summed E-state index contributed by atoms with van der Waals surface area (Å²) in [5, 5.41) is 3.64.